The summed E-state index contributed by atoms with van der Waals surface area (Å²) in [4.78, 5) is 2.45. The summed E-state index contributed by atoms with van der Waals surface area (Å²) in [6, 6.07) is 8.04. The van der Waals surface area contributed by atoms with Crippen molar-refractivity contribution in [1.29, 1.82) is 0 Å². The van der Waals surface area contributed by atoms with Gasteiger partial charge in [0, 0.05) is 36.7 Å². The van der Waals surface area contributed by atoms with Crippen LogP contribution in [0.3, 0.4) is 0 Å². The SMILES string of the molecule is COc1cccc(-c2[nH]ncc2CN2C[C@H]3CC[C@@H](O)[C@H]3C2)c1. The Balaban J connectivity index is 1.52. The first-order valence-electron chi connectivity index (χ1n) is 8.31. The molecule has 0 unspecified atom stereocenters. The molecule has 2 aromatic rings. The molecule has 0 amide bonds. The van der Waals surface area contributed by atoms with Gasteiger partial charge in [0.25, 0.3) is 0 Å². The minimum Gasteiger partial charge on any atom is -0.497 e. The lowest BCUT2D eigenvalue weighted by atomic mass is 10.00. The van der Waals surface area contributed by atoms with Gasteiger partial charge in [-0.25, -0.2) is 0 Å². The maximum Gasteiger partial charge on any atom is 0.119 e. The van der Waals surface area contributed by atoms with Gasteiger partial charge in [-0.05, 0) is 30.9 Å². The highest BCUT2D eigenvalue weighted by Crippen LogP contribution is 2.39. The number of nitrogens with zero attached hydrogens (tertiary/aromatic N) is 2. The molecule has 122 valence electrons. The molecule has 5 heteroatoms. The van der Waals surface area contributed by atoms with Gasteiger partial charge in [-0.2, -0.15) is 5.10 Å². The molecule has 4 rings (SSSR count). The molecule has 1 aliphatic carbocycles. The molecule has 1 aliphatic heterocycles. The van der Waals surface area contributed by atoms with Gasteiger partial charge in [0.15, 0.2) is 0 Å². The zero-order valence-electron chi connectivity index (χ0n) is 13.4. The molecule has 2 aliphatic rings. The van der Waals surface area contributed by atoms with Crippen molar-refractivity contribution in [3.05, 3.63) is 36.0 Å². The highest BCUT2D eigenvalue weighted by molar-refractivity contribution is 5.64. The number of aromatic nitrogens is 2. The van der Waals surface area contributed by atoms with Gasteiger partial charge in [0.05, 0.1) is 25.1 Å². The fraction of sp³-hybridized carbons (Fsp3) is 0.500. The molecule has 1 aromatic heterocycles. The number of rotatable bonds is 4. The second-order valence-corrected chi connectivity index (χ2v) is 6.76. The smallest absolute Gasteiger partial charge is 0.119 e. The topological polar surface area (TPSA) is 61.4 Å². The van der Waals surface area contributed by atoms with Crippen LogP contribution in [0.25, 0.3) is 11.3 Å². The number of likely N-dealkylation sites (tertiary alicyclic amines) is 1. The summed E-state index contributed by atoms with van der Waals surface area (Å²) in [6.07, 6.45) is 3.95. The van der Waals surface area contributed by atoms with Crippen LogP contribution in [0.2, 0.25) is 0 Å². The average molecular weight is 313 g/mol. The van der Waals surface area contributed by atoms with Crippen LogP contribution in [0, 0.1) is 11.8 Å². The maximum absolute atomic E-state index is 10.1. The number of aliphatic hydroxyl groups excluding tert-OH is 1. The number of benzene rings is 1. The predicted molar refractivity (Wildman–Crippen MR) is 88.1 cm³/mol. The molecule has 2 fully saturated rings. The van der Waals surface area contributed by atoms with Crippen LogP contribution in [-0.2, 0) is 6.54 Å². The third-order valence-corrected chi connectivity index (χ3v) is 5.36. The summed E-state index contributed by atoms with van der Waals surface area (Å²) in [5.41, 5.74) is 3.35. The summed E-state index contributed by atoms with van der Waals surface area (Å²) in [5.74, 6) is 1.97. The second-order valence-electron chi connectivity index (χ2n) is 6.76. The third kappa shape index (κ3) is 2.75. The molecule has 1 aromatic carbocycles. The minimum absolute atomic E-state index is 0.104. The number of hydrogen-bond donors (Lipinski definition) is 2. The zero-order valence-corrected chi connectivity index (χ0v) is 13.4. The van der Waals surface area contributed by atoms with Crippen LogP contribution in [0.5, 0.6) is 5.75 Å². The minimum atomic E-state index is -0.104. The van der Waals surface area contributed by atoms with E-state index in [-0.39, 0.29) is 6.10 Å². The monoisotopic (exact) mass is 313 g/mol. The average Bonchev–Trinajstić information content (AvgIpc) is 3.26. The number of ether oxygens (including phenoxy) is 1. The molecule has 0 spiro atoms. The number of aromatic amines is 1. The second kappa shape index (κ2) is 5.98. The Bertz CT molecular complexity index is 684. The molecule has 1 saturated carbocycles. The maximum atomic E-state index is 10.1. The summed E-state index contributed by atoms with van der Waals surface area (Å²) in [5, 5.41) is 17.4. The number of fused-ring (bicyclic) bond motifs is 1. The van der Waals surface area contributed by atoms with E-state index in [1.807, 2.05) is 24.4 Å². The number of methoxy groups -OCH3 is 1. The fourth-order valence-electron chi connectivity index (χ4n) is 4.16. The molecule has 3 atom stereocenters. The summed E-state index contributed by atoms with van der Waals surface area (Å²) in [6.45, 7) is 2.96. The van der Waals surface area contributed by atoms with E-state index < -0.39 is 0 Å². The predicted octanol–water partition coefficient (Wildman–Crippen LogP) is 2.29. The van der Waals surface area contributed by atoms with Crippen LogP contribution in [0.4, 0.5) is 0 Å². The van der Waals surface area contributed by atoms with Gasteiger partial charge in [0.1, 0.15) is 5.75 Å². The van der Waals surface area contributed by atoms with E-state index in [0.717, 1.165) is 49.5 Å². The van der Waals surface area contributed by atoms with Crippen molar-refractivity contribution in [3.8, 4) is 17.0 Å². The van der Waals surface area contributed by atoms with Crippen LogP contribution >= 0.6 is 0 Å². The largest absolute Gasteiger partial charge is 0.497 e. The Kier molecular flexibility index (Phi) is 3.83. The van der Waals surface area contributed by atoms with E-state index in [9.17, 15) is 5.11 Å². The molecule has 5 nitrogen and oxygen atoms in total. The van der Waals surface area contributed by atoms with Crippen molar-refractivity contribution >= 4 is 0 Å². The first-order valence-corrected chi connectivity index (χ1v) is 8.31. The van der Waals surface area contributed by atoms with Gasteiger partial charge < -0.3 is 9.84 Å². The first-order chi connectivity index (χ1) is 11.2. The van der Waals surface area contributed by atoms with Crippen molar-refractivity contribution in [2.24, 2.45) is 11.8 Å². The quantitative estimate of drug-likeness (QED) is 0.909. The fourth-order valence-corrected chi connectivity index (χ4v) is 4.16. The number of nitrogens with one attached hydrogen (secondary N) is 1. The molecule has 23 heavy (non-hydrogen) atoms. The summed E-state index contributed by atoms with van der Waals surface area (Å²) < 4.78 is 5.32. The van der Waals surface area contributed by atoms with Crippen LogP contribution in [0.1, 0.15) is 18.4 Å². The van der Waals surface area contributed by atoms with Crippen molar-refractivity contribution in [2.45, 2.75) is 25.5 Å². The Morgan fingerprint density at radius 1 is 1.35 bits per heavy atom. The molecule has 2 N–H and O–H groups in total. The molecule has 0 bridgehead atoms. The van der Waals surface area contributed by atoms with Crippen molar-refractivity contribution < 1.29 is 9.84 Å². The third-order valence-electron chi connectivity index (χ3n) is 5.36. The van der Waals surface area contributed by atoms with Crippen LogP contribution in [-0.4, -0.2) is 46.5 Å². The Labute approximate surface area is 136 Å². The van der Waals surface area contributed by atoms with Gasteiger partial charge in [-0.3, -0.25) is 10.00 Å². The van der Waals surface area contributed by atoms with Gasteiger partial charge >= 0.3 is 0 Å². The molecule has 1 saturated heterocycles. The standard InChI is InChI=1S/C18H23N3O2/c1-23-15-4-2-3-12(7-15)18-14(8-19-20-18)10-21-9-13-5-6-17(22)16(13)11-21/h2-4,7-8,13,16-17,22H,5-6,9-11H2,1H3,(H,19,20)/t13-,16+,17-/m1/s1. The van der Waals surface area contributed by atoms with E-state index in [4.69, 9.17) is 4.74 Å². The Morgan fingerprint density at radius 2 is 2.26 bits per heavy atom. The molecular formula is C18H23N3O2. The first kappa shape index (κ1) is 14.7. The van der Waals surface area contributed by atoms with Crippen LogP contribution < -0.4 is 4.74 Å². The Hall–Kier alpha value is -1.85. The highest BCUT2D eigenvalue weighted by Gasteiger charge is 2.41. The lowest BCUT2D eigenvalue weighted by molar-refractivity contribution is 0.123. The van der Waals surface area contributed by atoms with E-state index in [2.05, 4.69) is 21.2 Å². The van der Waals surface area contributed by atoms with Gasteiger partial charge in [-0.1, -0.05) is 12.1 Å². The normalized spacial score (nSPS) is 27.3. The molecule has 2 heterocycles. The van der Waals surface area contributed by atoms with E-state index in [1.54, 1.807) is 7.11 Å². The zero-order chi connectivity index (χ0) is 15.8. The van der Waals surface area contributed by atoms with E-state index >= 15 is 0 Å². The van der Waals surface area contributed by atoms with Gasteiger partial charge in [0.2, 0.25) is 0 Å². The summed E-state index contributed by atoms with van der Waals surface area (Å²) >= 11 is 0. The molecule has 0 radical (unpaired) electrons. The lowest BCUT2D eigenvalue weighted by Crippen LogP contribution is -2.24. The van der Waals surface area contributed by atoms with Crippen molar-refractivity contribution in [3.63, 3.8) is 0 Å². The highest BCUT2D eigenvalue weighted by atomic mass is 16.5. The summed E-state index contributed by atoms with van der Waals surface area (Å²) in [7, 11) is 1.68. The number of hydrogen-bond acceptors (Lipinski definition) is 4. The number of H-pyrrole nitrogens is 1. The number of aliphatic hydroxyl groups is 1. The lowest BCUT2D eigenvalue weighted by Gasteiger charge is -2.18. The van der Waals surface area contributed by atoms with Crippen LogP contribution in [0.15, 0.2) is 30.5 Å². The Morgan fingerprint density at radius 3 is 3.09 bits per heavy atom. The van der Waals surface area contributed by atoms with Gasteiger partial charge in [-0.15, -0.1) is 0 Å². The van der Waals surface area contributed by atoms with E-state index in [1.165, 1.54) is 5.56 Å². The van der Waals surface area contributed by atoms with E-state index in [0.29, 0.717) is 11.8 Å². The van der Waals surface area contributed by atoms with Crippen molar-refractivity contribution in [1.82, 2.24) is 15.1 Å². The molecular weight excluding hydrogens is 290 g/mol. The van der Waals surface area contributed by atoms with Crippen molar-refractivity contribution in [2.75, 3.05) is 20.2 Å².